The number of esters is 1. The Bertz CT molecular complexity index is 2290. The van der Waals surface area contributed by atoms with Crippen molar-refractivity contribution in [3.8, 4) is 33.1 Å². The van der Waals surface area contributed by atoms with Crippen molar-refractivity contribution in [2.45, 2.75) is 52.5 Å². The summed E-state index contributed by atoms with van der Waals surface area (Å²) >= 11 is 7.43. The number of amides is 1. The number of carbonyl (C=O) groups excluding carboxylic acids is 2. The van der Waals surface area contributed by atoms with Gasteiger partial charge in [-0.2, -0.15) is 18.3 Å². The van der Waals surface area contributed by atoms with Gasteiger partial charge in [-0.05, 0) is 88.2 Å². The van der Waals surface area contributed by atoms with Crippen LogP contribution in [0.5, 0.6) is 0 Å². The predicted octanol–water partition coefficient (Wildman–Crippen LogP) is 9.46. The van der Waals surface area contributed by atoms with Crippen molar-refractivity contribution in [3.63, 3.8) is 0 Å². The van der Waals surface area contributed by atoms with Crippen LogP contribution in [0.2, 0.25) is 5.02 Å². The Balaban J connectivity index is 1.61. The van der Waals surface area contributed by atoms with E-state index in [4.69, 9.17) is 31.0 Å². The Labute approximate surface area is 300 Å². The molecule has 14 heteroatoms. The molecule has 0 aliphatic heterocycles. The van der Waals surface area contributed by atoms with Crippen molar-refractivity contribution in [2.75, 3.05) is 11.9 Å². The number of nitrogens with one attached hydrogen (secondary N) is 1. The van der Waals surface area contributed by atoms with Gasteiger partial charge in [0.15, 0.2) is 6.10 Å². The number of halogens is 4. The molecule has 1 N–H and O–H groups in total. The highest BCUT2D eigenvalue weighted by Gasteiger charge is 2.39. The van der Waals surface area contributed by atoms with E-state index in [1.807, 2.05) is 58.3 Å². The number of alkyl halides is 3. The van der Waals surface area contributed by atoms with Gasteiger partial charge in [0.05, 0.1) is 45.5 Å². The predicted molar refractivity (Wildman–Crippen MR) is 193 cm³/mol. The molecule has 0 unspecified atom stereocenters. The zero-order chi connectivity index (χ0) is 36.8. The van der Waals surface area contributed by atoms with Crippen molar-refractivity contribution in [3.05, 3.63) is 83.0 Å². The van der Waals surface area contributed by atoms with Crippen molar-refractivity contribution in [1.29, 1.82) is 0 Å². The van der Waals surface area contributed by atoms with Crippen LogP contribution in [0.3, 0.4) is 0 Å². The number of thiazole rings is 1. The molecule has 9 nitrogen and oxygen atoms in total. The second kappa shape index (κ2) is 13.7. The molecule has 0 spiro atoms. The Hall–Kier alpha value is -4.85. The van der Waals surface area contributed by atoms with Gasteiger partial charge in [0, 0.05) is 34.1 Å². The van der Waals surface area contributed by atoms with Crippen molar-refractivity contribution < 1.29 is 32.2 Å². The van der Waals surface area contributed by atoms with E-state index in [9.17, 15) is 22.8 Å². The van der Waals surface area contributed by atoms with Crippen LogP contribution in [-0.2, 0) is 26.1 Å². The lowest BCUT2D eigenvalue weighted by molar-refractivity contribution is -0.167. The number of aryl methyl sites for hydroxylation is 2. The Kier molecular flexibility index (Phi) is 9.66. The van der Waals surface area contributed by atoms with E-state index in [0.29, 0.717) is 48.8 Å². The molecular formula is C37H33ClF3N5O4S. The number of ether oxygens (including phenoxy) is 2. The number of hydrogen-bond acceptors (Lipinski definition) is 8. The third-order valence-corrected chi connectivity index (χ3v) is 9.29. The summed E-state index contributed by atoms with van der Waals surface area (Å²) in [5.41, 5.74) is 4.15. The first-order chi connectivity index (χ1) is 24.0. The van der Waals surface area contributed by atoms with Gasteiger partial charge < -0.3 is 14.8 Å². The van der Waals surface area contributed by atoms with Crippen LogP contribution in [0.4, 0.5) is 18.9 Å². The molecule has 0 aliphatic rings. The third-order valence-electron chi connectivity index (χ3n) is 7.94. The molecule has 0 saturated heterocycles. The molecule has 1 atom stereocenters. The topological polar surface area (TPSA) is 108 Å². The van der Waals surface area contributed by atoms with Crippen LogP contribution < -0.4 is 5.32 Å². The maximum Gasteiger partial charge on any atom is 0.471 e. The number of fused-ring (bicyclic) bond motifs is 2. The number of pyridine rings is 1. The number of benzene rings is 3. The summed E-state index contributed by atoms with van der Waals surface area (Å²) in [6, 6.07) is 17.3. The lowest BCUT2D eigenvalue weighted by atomic mass is 9.91. The zero-order valence-electron chi connectivity index (χ0n) is 28.5. The fourth-order valence-electron chi connectivity index (χ4n) is 5.75. The van der Waals surface area contributed by atoms with E-state index in [0.717, 1.165) is 22.2 Å². The minimum Gasteiger partial charge on any atom is -0.464 e. The average molecular weight is 736 g/mol. The molecular weight excluding hydrogens is 703 g/mol. The van der Waals surface area contributed by atoms with Gasteiger partial charge in [0.1, 0.15) is 10.7 Å². The van der Waals surface area contributed by atoms with Crippen molar-refractivity contribution >= 4 is 61.6 Å². The molecule has 51 heavy (non-hydrogen) atoms. The second-order valence-electron chi connectivity index (χ2n) is 12.8. The van der Waals surface area contributed by atoms with Crippen molar-refractivity contribution in [1.82, 2.24) is 19.7 Å². The third kappa shape index (κ3) is 7.46. The molecule has 0 bridgehead atoms. The normalized spacial score (nSPS) is 12.7. The smallest absolute Gasteiger partial charge is 0.464 e. The molecule has 3 heterocycles. The number of carbonyl (C=O) groups is 2. The fourth-order valence-corrected chi connectivity index (χ4v) is 7.00. The van der Waals surface area contributed by atoms with Gasteiger partial charge >= 0.3 is 18.1 Å². The summed E-state index contributed by atoms with van der Waals surface area (Å²) < 4.78 is 54.6. The summed E-state index contributed by atoms with van der Waals surface area (Å²) in [5, 5.41) is 7.85. The zero-order valence-corrected chi connectivity index (χ0v) is 30.0. The van der Waals surface area contributed by atoms with Gasteiger partial charge in [-0.1, -0.05) is 29.8 Å². The van der Waals surface area contributed by atoms with Crippen LogP contribution in [0, 0.1) is 6.92 Å². The SMILES string of the molecule is CCOC(=O)[C@@H](OC(C)(C)C)c1c(C)cc2nc(-c3nc(-c4ccc5c(cnn5C)c4)ccc3NC(=O)C(F)(F)F)sc2c1-c1ccc(Cl)cc1. The summed E-state index contributed by atoms with van der Waals surface area (Å²) in [7, 11) is 1.82. The van der Waals surface area contributed by atoms with Gasteiger partial charge in [-0.25, -0.2) is 14.8 Å². The van der Waals surface area contributed by atoms with Gasteiger partial charge in [0.2, 0.25) is 0 Å². The molecule has 3 aromatic carbocycles. The number of hydrogen-bond donors (Lipinski definition) is 1. The first-order valence-corrected chi connectivity index (χ1v) is 17.1. The highest BCUT2D eigenvalue weighted by molar-refractivity contribution is 7.22. The molecule has 0 radical (unpaired) electrons. The largest absolute Gasteiger partial charge is 0.471 e. The van der Waals surface area contributed by atoms with Gasteiger partial charge in [-0.3, -0.25) is 9.48 Å². The number of aromatic nitrogens is 4. The fraction of sp³-hybridized carbons (Fsp3) is 0.270. The van der Waals surface area contributed by atoms with Crippen LogP contribution >= 0.6 is 22.9 Å². The summed E-state index contributed by atoms with van der Waals surface area (Å²) in [6.07, 6.45) is -4.56. The molecule has 0 saturated carbocycles. The maximum absolute atomic E-state index is 13.5. The van der Waals surface area contributed by atoms with E-state index in [-0.39, 0.29) is 23.0 Å². The molecule has 3 aromatic heterocycles. The first-order valence-electron chi connectivity index (χ1n) is 15.9. The van der Waals surface area contributed by atoms with Gasteiger partial charge in [0.25, 0.3) is 0 Å². The van der Waals surface area contributed by atoms with Crippen LogP contribution in [0.15, 0.2) is 66.9 Å². The quantitative estimate of drug-likeness (QED) is 0.155. The van der Waals surface area contributed by atoms with E-state index in [1.165, 1.54) is 12.1 Å². The number of anilines is 1. The first kappa shape index (κ1) is 36.0. The Morgan fingerprint density at radius 1 is 1.00 bits per heavy atom. The van der Waals surface area contributed by atoms with E-state index >= 15 is 0 Å². The minimum atomic E-state index is -5.14. The second-order valence-corrected chi connectivity index (χ2v) is 14.2. The highest BCUT2D eigenvalue weighted by atomic mass is 35.5. The summed E-state index contributed by atoms with van der Waals surface area (Å²) in [4.78, 5) is 35.4. The highest BCUT2D eigenvalue weighted by Crippen LogP contribution is 2.45. The molecule has 1 amide bonds. The summed E-state index contributed by atoms with van der Waals surface area (Å²) in [6.45, 7) is 9.17. The minimum absolute atomic E-state index is 0.0340. The Morgan fingerprint density at radius 3 is 2.37 bits per heavy atom. The molecule has 6 rings (SSSR count). The van der Waals surface area contributed by atoms with Gasteiger partial charge in [-0.15, -0.1) is 11.3 Å². The van der Waals surface area contributed by atoms with Crippen LogP contribution in [-0.4, -0.2) is 50.0 Å². The molecule has 264 valence electrons. The molecule has 6 aromatic rings. The van der Waals surface area contributed by atoms with Crippen LogP contribution in [0.25, 0.3) is 54.2 Å². The van der Waals surface area contributed by atoms with E-state index < -0.39 is 29.8 Å². The van der Waals surface area contributed by atoms with Crippen LogP contribution in [0.1, 0.15) is 44.9 Å². The lowest BCUT2D eigenvalue weighted by Gasteiger charge is -2.29. The number of rotatable bonds is 8. The molecule has 0 aliphatic carbocycles. The standard InChI is InChI=1S/C37H33ClF3N5O4S/c1-7-49-34(47)31(50-36(3,4)5)28-19(2)16-26-32(29(28)20-8-11-23(38)12-9-20)51-33(44-26)30-25(45-35(48)37(39,40)41)14-13-24(43-30)21-10-15-27-22(17-21)18-42-46(27)6/h8-18,31H,7H2,1-6H3,(H,45,48)/t31-/m0/s1. The van der Waals surface area contributed by atoms with Crippen molar-refractivity contribution in [2.24, 2.45) is 7.05 Å². The summed E-state index contributed by atoms with van der Waals surface area (Å²) in [5.74, 6) is -2.72. The van der Waals surface area contributed by atoms with E-state index in [1.54, 1.807) is 48.1 Å². The van der Waals surface area contributed by atoms with E-state index in [2.05, 4.69) is 5.10 Å². The average Bonchev–Trinajstić information content (AvgIpc) is 3.65. The maximum atomic E-state index is 13.5. The Morgan fingerprint density at radius 2 is 1.71 bits per heavy atom. The lowest BCUT2D eigenvalue weighted by Crippen LogP contribution is -2.30. The monoisotopic (exact) mass is 735 g/mol. The number of nitrogens with zero attached hydrogens (tertiary/aromatic N) is 4. The molecule has 0 fully saturated rings.